The summed E-state index contributed by atoms with van der Waals surface area (Å²) in [5.74, 6) is 2.91. The van der Waals surface area contributed by atoms with Gasteiger partial charge in [-0.3, -0.25) is 4.90 Å². The molecule has 0 fully saturated rings. The Balaban J connectivity index is 2.01. The number of rotatable bonds is 5. The van der Waals surface area contributed by atoms with Gasteiger partial charge in [0, 0.05) is 18.5 Å². The van der Waals surface area contributed by atoms with Gasteiger partial charge in [0.15, 0.2) is 0 Å². The number of benzene rings is 1. The SMILES string of the molecule is C#CCC[C@H]1c2nc(C)nc(OS(=O)(=O)c3ccc(C)cc3)c2CCN1C(=O)OC(C)(C)C. The van der Waals surface area contributed by atoms with Gasteiger partial charge in [0.05, 0.1) is 11.7 Å². The van der Waals surface area contributed by atoms with Gasteiger partial charge in [-0.2, -0.15) is 13.4 Å². The second kappa shape index (κ2) is 9.40. The highest BCUT2D eigenvalue weighted by Crippen LogP contribution is 2.37. The third-order valence-electron chi connectivity index (χ3n) is 5.10. The summed E-state index contributed by atoms with van der Waals surface area (Å²) in [4.78, 5) is 23.3. The van der Waals surface area contributed by atoms with Crippen LogP contribution >= 0.6 is 0 Å². The van der Waals surface area contributed by atoms with E-state index in [1.165, 1.54) is 12.1 Å². The highest BCUT2D eigenvalue weighted by Gasteiger charge is 2.37. The van der Waals surface area contributed by atoms with E-state index < -0.39 is 27.9 Å². The summed E-state index contributed by atoms with van der Waals surface area (Å²) in [5, 5.41) is 0. The fraction of sp³-hybridized carbons (Fsp3) is 0.458. The van der Waals surface area contributed by atoms with Crippen LogP contribution in [0.1, 0.15) is 62.3 Å². The van der Waals surface area contributed by atoms with Gasteiger partial charge in [-0.05, 0) is 59.6 Å². The average Bonchev–Trinajstić information content (AvgIpc) is 2.70. The molecule has 1 aromatic heterocycles. The van der Waals surface area contributed by atoms with Crippen molar-refractivity contribution in [3.05, 3.63) is 46.9 Å². The molecule has 0 radical (unpaired) electrons. The topological polar surface area (TPSA) is 98.7 Å². The molecule has 0 unspecified atom stereocenters. The summed E-state index contributed by atoms with van der Waals surface area (Å²) in [6, 6.07) is 5.90. The molecule has 8 nitrogen and oxygen atoms in total. The Morgan fingerprint density at radius 2 is 1.88 bits per heavy atom. The molecular formula is C24H29N3O5S. The van der Waals surface area contributed by atoms with Crippen molar-refractivity contribution in [3.63, 3.8) is 0 Å². The summed E-state index contributed by atoms with van der Waals surface area (Å²) in [6.07, 6.45) is 6.19. The minimum absolute atomic E-state index is 0.0207. The highest BCUT2D eigenvalue weighted by atomic mass is 32.2. The average molecular weight is 472 g/mol. The van der Waals surface area contributed by atoms with Crippen molar-refractivity contribution < 1.29 is 22.1 Å². The minimum Gasteiger partial charge on any atom is -0.444 e. The maximum Gasteiger partial charge on any atom is 0.410 e. The highest BCUT2D eigenvalue weighted by molar-refractivity contribution is 7.87. The second-order valence-electron chi connectivity index (χ2n) is 8.97. The Kier molecular flexibility index (Phi) is 6.98. The monoisotopic (exact) mass is 471 g/mol. The molecule has 9 heteroatoms. The molecule has 33 heavy (non-hydrogen) atoms. The number of carbonyl (C=O) groups excluding carboxylic acids is 1. The summed E-state index contributed by atoms with van der Waals surface area (Å²) in [5.41, 5.74) is 1.36. The fourth-order valence-electron chi connectivity index (χ4n) is 3.61. The van der Waals surface area contributed by atoms with Gasteiger partial charge < -0.3 is 8.92 Å². The van der Waals surface area contributed by atoms with Crippen LogP contribution in [0.3, 0.4) is 0 Å². The third kappa shape index (κ3) is 5.82. The van der Waals surface area contributed by atoms with E-state index in [0.717, 1.165) is 5.56 Å². The number of aryl methyl sites for hydroxylation is 2. The molecule has 0 N–H and O–H groups in total. The van der Waals surface area contributed by atoms with Crippen molar-refractivity contribution >= 4 is 16.2 Å². The van der Waals surface area contributed by atoms with Crippen LogP contribution < -0.4 is 4.18 Å². The lowest BCUT2D eigenvalue weighted by Gasteiger charge is -2.37. The Bertz CT molecular complexity index is 1180. The molecule has 0 saturated carbocycles. The van der Waals surface area contributed by atoms with Crippen LogP contribution in [0, 0.1) is 26.2 Å². The van der Waals surface area contributed by atoms with Crippen molar-refractivity contribution in [2.45, 2.75) is 70.4 Å². The largest absolute Gasteiger partial charge is 0.444 e. The van der Waals surface area contributed by atoms with Crippen LogP contribution in [0.15, 0.2) is 29.2 Å². The van der Waals surface area contributed by atoms with Crippen molar-refractivity contribution in [1.29, 1.82) is 0 Å². The Morgan fingerprint density at radius 3 is 2.48 bits per heavy atom. The Hall–Kier alpha value is -3.12. The van der Waals surface area contributed by atoms with E-state index in [-0.39, 0.29) is 10.8 Å². The molecule has 1 atom stereocenters. The summed E-state index contributed by atoms with van der Waals surface area (Å²) in [7, 11) is -4.10. The number of ether oxygens (including phenoxy) is 1. The van der Waals surface area contributed by atoms with E-state index in [2.05, 4.69) is 15.9 Å². The number of hydrogen-bond donors (Lipinski definition) is 0. The van der Waals surface area contributed by atoms with E-state index in [0.29, 0.717) is 42.9 Å². The standard InChI is InChI=1S/C24H29N3O5S/c1-7-8-9-20-21-19(14-15-27(20)23(28)31-24(4,5)6)22(26-17(3)25-21)32-33(29,30)18-12-10-16(2)11-13-18/h1,10-13,20H,8-9,14-15H2,2-6H3/t20-/m0/s1. The molecule has 2 heterocycles. The zero-order valence-corrected chi connectivity index (χ0v) is 20.4. The normalized spacial score (nSPS) is 16.0. The smallest absolute Gasteiger partial charge is 0.410 e. The van der Waals surface area contributed by atoms with Crippen LogP contribution in [0.4, 0.5) is 4.79 Å². The van der Waals surface area contributed by atoms with Crippen molar-refractivity contribution in [2.75, 3.05) is 6.54 Å². The predicted octanol–water partition coefficient (Wildman–Crippen LogP) is 4.11. The van der Waals surface area contributed by atoms with Crippen LogP contribution in [0.25, 0.3) is 0 Å². The molecule has 1 aliphatic rings. The number of hydrogen-bond acceptors (Lipinski definition) is 7. The van der Waals surface area contributed by atoms with Gasteiger partial charge in [-0.25, -0.2) is 9.78 Å². The summed E-state index contributed by atoms with van der Waals surface area (Å²) in [6.45, 7) is 9.21. The van der Waals surface area contributed by atoms with E-state index in [1.54, 1.807) is 44.7 Å². The number of amides is 1. The lowest BCUT2D eigenvalue weighted by molar-refractivity contribution is 0.0126. The first kappa shape index (κ1) is 24.5. The fourth-order valence-corrected chi connectivity index (χ4v) is 4.53. The Labute approximate surface area is 195 Å². The third-order valence-corrected chi connectivity index (χ3v) is 6.32. The first-order valence-electron chi connectivity index (χ1n) is 10.7. The zero-order valence-electron chi connectivity index (χ0n) is 19.6. The molecule has 0 aliphatic carbocycles. The lowest BCUT2D eigenvalue weighted by atomic mass is 9.95. The van der Waals surface area contributed by atoms with E-state index in [4.69, 9.17) is 15.3 Å². The number of terminal acetylenes is 1. The predicted molar refractivity (Wildman–Crippen MR) is 123 cm³/mol. The first-order chi connectivity index (χ1) is 15.4. The van der Waals surface area contributed by atoms with Gasteiger partial charge in [0.2, 0.25) is 5.88 Å². The minimum atomic E-state index is -4.10. The lowest BCUT2D eigenvalue weighted by Crippen LogP contribution is -2.43. The van der Waals surface area contributed by atoms with E-state index in [1.807, 2.05) is 6.92 Å². The molecule has 1 aliphatic heterocycles. The second-order valence-corrected chi connectivity index (χ2v) is 10.5. The molecule has 1 aromatic carbocycles. The quantitative estimate of drug-likeness (QED) is 0.478. The molecule has 0 spiro atoms. The molecular weight excluding hydrogens is 442 g/mol. The Morgan fingerprint density at radius 1 is 1.21 bits per heavy atom. The van der Waals surface area contributed by atoms with Crippen molar-refractivity contribution in [1.82, 2.24) is 14.9 Å². The molecule has 176 valence electrons. The van der Waals surface area contributed by atoms with Gasteiger partial charge in [0.25, 0.3) is 0 Å². The maximum absolute atomic E-state index is 12.9. The van der Waals surface area contributed by atoms with E-state index in [9.17, 15) is 13.2 Å². The summed E-state index contributed by atoms with van der Waals surface area (Å²) >= 11 is 0. The number of aromatic nitrogens is 2. The van der Waals surface area contributed by atoms with Crippen molar-refractivity contribution in [2.24, 2.45) is 0 Å². The first-order valence-corrected chi connectivity index (χ1v) is 12.1. The molecule has 3 rings (SSSR count). The van der Waals surface area contributed by atoms with Gasteiger partial charge in [-0.1, -0.05) is 17.7 Å². The number of nitrogens with zero attached hydrogens (tertiary/aromatic N) is 3. The van der Waals surface area contributed by atoms with Gasteiger partial charge in [-0.15, -0.1) is 12.3 Å². The van der Waals surface area contributed by atoms with Crippen LogP contribution in [-0.2, 0) is 21.3 Å². The van der Waals surface area contributed by atoms with Crippen LogP contribution in [0.2, 0.25) is 0 Å². The van der Waals surface area contributed by atoms with Gasteiger partial charge >= 0.3 is 16.2 Å². The van der Waals surface area contributed by atoms with E-state index >= 15 is 0 Å². The molecule has 1 amide bonds. The molecule has 0 saturated heterocycles. The number of carbonyl (C=O) groups is 1. The maximum atomic E-state index is 12.9. The molecule has 0 bridgehead atoms. The summed E-state index contributed by atoms with van der Waals surface area (Å²) < 4.78 is 36.9. The molecule has 2 aromatic rings. The van der Waals surface area contributed by atoms with Crippen molar-refractivity contribution in [3.8, 4) is 18.2 Å². The van der Waals surface area contributed by atoms with Crippen LogP contribution in [0.5, 0.6) is 5.88 Å². The number of fused-ring (bicyclic) bond motifs is 1. The van der Waals surface area contributed by atoms with Crippen LogP contribution in [-0.4, -0.2) is 41.5 Å². The van der Waals surface area contributed by atoms with Gasteiger partial charge in [0.1, 0.15) is 16.3 Å². The zero-order chi connectivity index (χ0) is 24.4.